The highest BCUT2D eigenvalue weighted by molar-refractivity contribution is 7.99. The molecule has 0 aliphatic heterocycles. The van der Waals surface area contributed by atoms with Crippen molar-refractivity contribution in [2.45, 2.75) is 27.9 Å². The van der Waals surface area contributed by atoms with Gasteiger partial charge >= 0.3 is 5.69 Å². The van der Waals surface area contributed by atoms with Gasteiger partial charge in [-0.15, -0.1) is 11.8 Å². The number of fused-ring (bicyclic) bond motifs is 1. The van der Waals surface area contributed by atoms with E-state index in [9.17, 15) is 18.4 Å². The highest BCUT2D eigenvalue weighted by atomic mass is 32.2. The number of imidazole rings is 1. The van der Waals surface area contributed by atoms with Crippen LogP contribution in [0.15, 0.2) is 73.1 Å². The number of aromatic nitrogens is 4. The van der Waals surface area contributed by atoms with E-state index in [0.717, 1.165) is 15.5 Å². The van der Waals surface area contributed by atoms with E-state index < -0.39 is 11.2 Å². The quantitative estimate of drug-likeness (QED) is 0.333. The maximum Gasteiger partial charge on any atom is 0.329 e. The Labute approximate surface area is 184 Å². The topological polar surface area (TPSA) is 72.7 Å². The highest BCUT2D eigenvalue weighted by Crippen LogP contribution is 2.29. The molecule has 0 unspecified atom stereocenters. The molecule has 160 valence electrons. The SMILES string of the molecule is Cn1c(=O)[nH]c(=O)c2c1nc(Sc1ccc(F)cc1)n2CCCSc1ccc(F)cc1. The summed E-state index contributed by atoms with van der Waals surface area (Å²) in [7, 11) is 1.55. The summed E-state index contributed by atoms with van der Waals surface area (Å²) in [4.78, 5) is 33.1. The molecule has 31 heavy (non-hydrogen) atoms. The smallest absolute Gasteiger partial charge is 0.313 e. The third-order valence-corrected chi connectivity index (χ3v) is 6.70. The Balaban J connectivity index is 1.61. The molecule has 2 aromatic heterocycles. The van der Waals surface area contributed by atoms with Crippen molar-refractivity contribution in [3.8, 4) is 0 Å². The van der Waals surface area contributed by atoms with Crippen LogP contribution >= 0.6 is 23.5 Å². The molecule has 1 N–H and O–H groups in total. The second-order valence-corrected chi connectivity index (χ2v) is 8.96. The van der Waals surface area contributed by atoms with Crippen LogP contribution in [0.3, 0.4) is 0 Å². The van der Waals surface area contributed by atoms with Crippen LogP contribution in [0.4, 0.5) is 8.78 Å². The number of halogens is 2. The van der Waals surface area contributed by atoms with Gasteiger partial charge in [-0.25, -0.2) is 18.6 Å². The van der Waals surface area contributed by atoms with Crippen molar-refractivity contribution in [3.05, 3.63) is 81.0 Å². The molecular formula is C21H18F2N4O2S2. The number of aromatic amines is 1. The van der Waals surface area contributed by atoms with Gasteiger partial charge in [0.2, 0.25) is 0 Å². The fourth-order valence-electron chi connectivity index (χ4n) is 3.05. The second kappa shape index (κ2) is 9.11. The Morgan fingerprint density at radius 1 is 0.968 bits per heavy atom. The third kappa shape index (κ3) is 4.75. The molecule has 0 aliphatic carbocycles. The molecule has 0 atom stereocenters. The van der Waals surface area contributed by atoms with Gasteiger partial charge in [0, 0.05) is 23.4 Å². The minimum Gasteiger partial charge on any atom is -0.313 e. The van der Waals surface area contributed by atoms with Gasteiger partial charge < -0.3 is 4.57 Å². The minimum atomic E-state index is -0.535. The molecule has 2 aromatic carbocycles. The fraction of sp³-hybridized carbons (Fsp3) is 0.190. The third-order valence-electron chi connectivity index (χ3n) is 4.60. The molecule has 0 bridgehead atoms. The Bertz CT molecular complexity index is 1330. The first-order chi connectivity index (χ1) is 14.9. The Kier molecular flexibility index (Phi) is 6.28. The van der Waals surface area contributed by atoms with E-state index in [1.54, 1.807) is 47.6 Å². The Hall–Kier alpha value is -2.85. The van der Waals surface area contributed by atoms with E-state index >= 15 is 0 Å². The van der Waals surface area contributed by atoms with E-state index in [4.69, 9.17) is 0 Å². The van der Waals surface area contributed by atoms with Crippen LogP contribution in [-0.4, -0.2) is 24.9 Å². The number of nitrogens with one attached hydrogen (secondary N) is 1. The number of nitrogens with zero attached hydrogens (tertiary/aromatic N) is 3. The number of aryl methyl sites for hydroxylation is 2. The molecule has 0 amide bonds. The lowest BCUT2D eigenvalue weighted by molar-refractivity contribution is 0.626. The van der Waals surface area contributed by atoms with E-state index in [2.05, 4.69) is 9.97 Å². The number of thioether (sulfide) groups is 1. The summed E-state index contributed by atoms with van der Waals surface area (Å²) in [5.74, 6) is 0.131. The summed E-state index contributed by atoms with van der Waals surface area (Å²) < 4.78 is 29.4. The van der Waals surface area contributed by atoms with Crippen molar-refractivity contribution in [1.82, 2.24) is 19.1 Å². The maximum absolute atomic E-state index is 13.3. The number of hydrogen-bond acceptors (Lipinski definition) is 5. The van der Waals surface area contributed by atoms with Crippen LogP contribution in [0.25, 0.3) is 11.2 Å². The molecule has 4 rings (SSSR count). The Morgan fingerprint density at radius 3 is 2.23 bits per heavy atom. The maximum atomic E-state index is 13.3. The highest BCUT2D eigenvalue weighted by Gasteiger charge is 2.18. The van der Waals surface area contributed by atoms with Crippen LogP contribution in [0.5, 0.6) is 0 Å². The van der Waals surface area contributed by atoms with E-state index in [1.807, 2.05) is 0 Å². The summed E-state index contributed by atoms with van der Waals surface area (Å²) in [6.45, 7) is 0.496. The zero-order valence-electron chi connectivity index (χ0n) is 16.5. The predicted octanol–water partition coefficient (Wildman–Crippen LogP) is 4.04. The molecule has 0 saturated heterocycles. The van der Waals surface area contributed by atoms with Crippen LogP contribution in [0.2, 0.25) is 0 Å². The monoisotopic (exact) mass is 460 g/mol. The van der Waals surface area contributed by atoms with Gasteiger partial charge in [0.15, 0.2) is 16.3 Å². The van der Waals surface area contributed by atoms with Crippen molar-refractivity contribution in [2.24, 2.45) is 7.05 Å². The van der Waals surface area contributed by atoms with Gasteiger partial charge in [0.05, 0.1) is 0 Å². The van der Waals surface area contributed by atoms with Gasteiger partial charge in [-0.2, -0.15) is 0 Å². The first kappa shape index (κ1) is 21.4. The predicted molar refractivity (Wildman–Crippen MR) is 118 cm³/mol. The summed E-state index contributed by atoms with van der Waals surface area (Å²) >= 11 is 2.88. The molecular weight excluding hydrogens is 442 g/mol. The van der Waals surface area contributed by atoms with Crippen LogP contribution in [-0.2, 0) is 13.6 Å². The Morgan fingerprint density at radius 2 is 1.58 bits per heavy atom. The van der Waals surface area contributed by atoms with Crippen molar-refractivity contribution in [3.63, 3.8) is 0 Å². The molecule has 0 fully saturated rings. The molecule has 0 saturated carbocycles. The normalized spacial score (nSPS) is 11.3. The molecule has 2 heterocycles. The molecule has 4 aromatic rings. The second-order valence-electron chi connectivity index (χ2n) is 6.75. The number of rotatable bonds is 7. The van der Waals surface area contributed by atoms with Crippen LogP contribution in [0.1, 0.15) is 6.42 Å². The summed E-state index contributed by atoms with van der Waals surface area (Å²) in [6.07, 6.45) is 0.715. The zero-order chi connectivity index (χ0) is 22.0. The standard InChI is InChI=1S/C21H18F2N4O2S2/c1-26-18-17(19(28)25-20(26)29)27(11-2-12-30-15-7-3-13(22)4-8-15)21(24-18)31-16-9-5-14(23)6-10-16/h3-10H,2,11-12H2,1H3,(H,25,28,29). The lowest BCUT2D eigenvalue weighted by Crippen LogP contribution is -2.29. The van der Waals surface area contributed by atoms with Gasteiger partial charge in [-0.3, -0.25) is 14.3 Å². The van der Waals surface area contributed by atoms with E-state index in [-0.39, 0.29) is 11.6 Å². The molecule has 0 aliphatic rings. The van der Waals surface area contributed by atoms with Crippen molar-refractivity contribution in [1.29, 1.82) is 0 Å². The lowest BCUT2D eigenvalue weighted by Gasteiger charge is -2.09. The summed E-state index contributed by atoms with van der Waals surface area (Å²) in [5.41, 5.74) is -0.418. The van der Waals surface area contributed by atoms with Crippen LogP contribution in [0, 0.1) is 11.6 Å². The lowest BCUT2D eigenvalue weighted by atomic mass is 10.4. The molecule has 0 spiro atoms. The van der Waals surface area contributed by atoms with Crippen LogP contribution < -0.4 is 11.2 Å². The van der Waals surface area contributed by atoms with Crippen molar-refractivity contribution in [2.75, 3.05) is 5.75 Å². The minimum absolute atomic E-state index is 0.276. The fourth-order valence-corrected chi connectivity index (χ4v) is 4.80. The first-order valence-corrected chi connectivity index (χ1v) is 11.2. The molecule has 0 radical (unpaired) electrons. The number of benzene rings is 2. The summed E-state index contributed by atoms with van der Waals surface area (Å²) in [6, 6.07) is 12.3. The number of H-pyrrole nitrogens is 1. The van der Waals surface area contributed by atoms with Crippen molar-refractivity contribution >= 4 is 34.7 Å². The van der Waals surface area contributed by atoms with Gasteiger partial charge in [-0.1, -0.05) is 11.8 Å². The molecule has 6 nitrogen and oxygen atoms in total. The van der Waals surface area contributed by atoms with Gasteiger partial charge in [0.1, 0.15) is 11.6 Å². The molecule has 10 heteroatoms. The van der Waals surface area contributed by atoms with E-state index in [0.29, 0.717) is 29.3 Å². The average Bonchev–Trinajstić information content (AvgIpc) is 3.11. The largest absolute Gasteiger partial charge is 0.329 e. The van der Waals surface area contributed by atoms with E-state index in [1.165, 1.54) is 40.6 Å². The number of hydrogen-bond donors (Lipinski definition) is 1. The van der Waals surface area contributed by atoms with Crippen molar-refractivity contribution < 1.29 is 8.78 Å². The van der Waals surface area contributed by atoms with Gasteiger partial charge in [-0.05, 0) is 60.7 Å². The zero-order valence-corrected chi connectivity index (χ0v) is 18.1. The first-order valence-electron chi connectivity index (χ1n) is 9.44. The van der Waals surface area contributed by atoms with Gasteiger partial charge in [0.25, 0.3) is 5.56 Å². The summed E-state index contributed by atoms with van der Waals surface area (Å²) in [5, 5.41) is 0.542. The average molecular weight is 461 g/mol.